The van der Waals surface area contributed by atoms with Crippen LogP contribution in [0.15, 0.2) is 67.0 Å². The van der Waals surface area contributed by atoms with E-state index in [9.17, 15) is 4.79 Å². The number of nitrogens with zero attached hydrogens (tertiary/aromatic N) is 3. The number of amides is 1. The van der Waals surface area contributed by atoms with Gasteiger partial charge in [-0.15, -0.1) is 0 Å². The van der Waals surface area contributed by atoms with Crippen molar-refractivity contribution in [2.75, 3.05) is 18.0 Å². The van der Waals surface area contributed by atoms with Gasteiger partial charge < -0.3 is 10.2 Å². The molecule has 148 valence electrons. The van der Waals surface area contributed by atoms with E-state index in [0.717, 1.165) is 36.1 Å². The highest BCUT2D eigenvalue weighted by molar-refractivity contribution is 5.79. The minimum atomic E-state index is -0.0361. The highest BCUT2D eigenvalue weighted by Crippen LogP contribution is 2.23. The van der Waals surface area contributed by atoms with Crippen LogP contribution < -0.4 is 10.2 Å². The van der Waals surface area contributed by atoms with Gasteiger partial charge in [-0.25, -0.2) is 9.97 Å². The minimum Gasteiger partial charge on any atom is -0.352 e. The Kier molecular flexibility index (Phi) is 5.84. The molecule has 2 aromatic carbocycles. The molecule has 1 N–H and O–H groups in total. The molecule has 0 spiro atoms. The first-order valence-electron chi connectivity index (χ1n) is 10.1. The van der Waals surface area contributed by atoms with Crippen molar-refractivity contribution >= 4 is 11.9 Å². The monoisotopic (exact) mass is 386 g/mol. The second-order valence-corrected chi connectivity index (χ2v) is 7.63. The molecule has 1 unspecified atom stereocenters. The highest BCUT2D eigenvalue weighted by atomic mass is 16.1. The maximum Gasteiger partial charge on any atom is 0.225 e. The molecular formula is C24H26N4O. The lowest BCUT2D eigenvalue weighted by Crippen LogP contribution is -2.43. The van der Waals surface area contributed by atoms with E-state index in [1.165, 1.54) is 5.56 Å². The number of benzene rings is 2. The SMILES string of the molecule is Cc1cccc(CNC(=O)C2CCCN(c3ncc(-c4ccccc4)cn3)C2)c1. The number of carbonyl (C=O) groups is 1. The number of carbonyl (C=O) groups excluding carboxylic acids is 1. The fraction of sp³-hybridized carbons (Fsp3) is 0.292. The van der Waals surface area contributed by atoms with E-state index in [1.54, 1.807) is 0 Å². The molecule has 1 amide bonds. The smallest absolute Gasteiger partial charge is 0.225 e. The van der Waals surface area contributed by atoms with Crippen LogP contribution in [0.5, 0.6) is 0 Å². The van der Waals surface area contributed by atoms with Gasteiger partial charge in [-0.2, -0.15) is 0 Å². The quantitative estimate of drug-likeness (QED) is 0.720. The summed E-state index contributed by atoms with van der Waals surface area (Å²) in [5, 5.41) is 3.09. The maximum absolute atomic E-state index is 12.7. The van der Waals surface area contributed by atoms with Crippen LogP contribution in [-0.4, -0.2) is 29.0 Å². The summed E-state index contributed by atoms with van der Waals surface area (Å²) < 4.78 is 0. The fourth-order valence-corrected chi connectivity index (χ4v) is 3.79. The summed E-state index contributed by atoms with van der Waals surface area (Å²) in [6, 6.07) is 18.3. The van der Waals surface area contributed by atoms with Crippen LogP contribution in [0.3, 0.4) is 0 Å². The number of hydrogen-bond acceptors (Lipinski definition) is 4. The van der Waals surface area contributed by atoms with Crippen molar-refractivity contribution in [3.8, 4) is 11.1 Å². The maximum atomic E-state index is 12.7. The molecular weight excluding hydrogens is 360 g/mol. The van der Waals surface area contributed by atoms with Gasteiger partial charge in [0.25, 0.3) is 0 Å². The van der Waals surface area contributed by atoms with Gasteiger partial charge in [-0.1, -0.05) is 60.2 Å². The number of piperidine rings is 1. The molecule has 4 rings (SSSR count). The summed E-state index contributed by atoms with van der Waals surface area (Å²) in [6.45, 7) is 4.17. The van der Waals surface area contributed by atoms with Crippen LogP contribution in [0.2, 0.25) is 0 Å². The Hall–Kier alpha value is -3.21. The zero-order chi connectivity index (χ0) is 20.1. The third-order valence-corrected chi connectivity index (χ3v) is 5.37. The standard InChI is InChI=1S/C24H26N4O/c1-18-7-5-8-19(13-18)14-25-23(29)21-11-6-12-28(17-21)24-26-15-22(16-27-24)20-9-3-2-4-10-20/h2-5,7-10,13,15-16,21H,6,11-12,14,17H2,1H3,(H,25,29). The number of aromatic nitrogens is 2. The molecule has 0 radical (unpaired) electrons. The number of hydrogen-bond donors (Lipinski definition) is 1. The molecule has 5 heteroatoms. The molecule has 5 nitrogen and oxygen atoms in total. The number of rotatable bonds is 5. The van der Waals surface area contributed by atoms with Gasteiger partial charge in [0, 0.05) is 37.6 Å². The van der Waals surface area contributed by atoms with Gasteiger partial charge in [0.15, 0.2) is 0 Å². The Bertz CT molecular complexity index is 956. The fourth-order valence-electron chi connectivity index (χ4n) is 3.79. The first-order chi connectivity index (χ1) is 14.2. The van der Waals surface area contributed by atoms with Gasteiger partial charge in [0.2, 0.25) is 11.9 Å². The van der Waals surface area contributed by atoms with E-state index in [1.807, 2.05) is 54.9 Å². The zero-order valence-electron chi connectivity index (χ0n) is 16.7. The topological polar surface area (TPSA) is 58.1 Å². The van der Waals surface area contributed by atoms with E-state index in [2.05, 4.69) is 39.2 Å². The summed E-state index contributed by atoms with van der Waals surface area (Å²) in [4.78, 5) is 23.9. The zero-order valence-corrected chi connectivity index (χ0v) is 16.7. The molecule has 1 atom stereocenters. The lowest BCUT2D eigenvalue weighted by molar-refractivity contribution is -0.125. The number of aryl methyl sites for hydroxylation is 1. The Morgan fingerprint density at radius 3 is 2.62 bits per heavy atom. The third-order valence-electron chi connectivity index (χ3n) is 5.37. The van der Waals surface area contributed by atoms with Crippen molar-refractivity contribution < 1.29 is 4.79 Å². The van der Waals surface area contributed by atoms with Crippen LogP contribution >= 0.6 is 0 Å². The second-order valence-electron chi connectivity index (χ2n) is 7.63. The van der Waals surface area contributed by atoms with E-state index >= 15 is 0 Å². The van der Waals surface area contributed by atoms with Gasteiger partial charge in [-0.3, -0.25) is 4.79 Å². The molecule has 3 aromatic rings. The molecule has 0 aliphatic carbocycles. The normalized spacial score (nSPS) is 16.4. The van der Waals surface area contributed by atoms with Gasteiger partial charge in [-0.05, 0) is 30.9 Å². The third kappa shape index (κ3) is 4.80. The summed E-state index contributed by atoms with van der Waals surface area (Å²) in [6.07, 6.45) is 5.59. The summed E-state index contributed by atoms with van der Waals surface area (Å²) in [7, 11) is 0. The molecule has 1 aromatic heterocycles. The van der Waals surface area contributed by atoms with Crippen molar-refractivity contribution in [1.29, 1.82) is 0 Å². The van der Waals surface area contributed by atoms with Crippen LogP contribution in [0, 0.1) is 12.8 Å². The minimum absolute atomic E-state index is 0.0361. The Balaban J connectivity index is 1.37. The van der Waals surface area contributed by atoms with Gasteiger partial charge in [0.05, 0.1) is 5.92 Å². The molecule has 2 heterocycles. The van der Waals surface area contributed by atoms with E-state index in [0.29, 0.717) is 19.0 Å². The first kappa shape index (κ1) is 19.1. The van der Waals surface area contributed by atoms with Crippen LogP contribution in [0.1, 0.15) is 24.0 Å². The van der Waals surface area contributed by atoms with Crippen molar-refractivity contribution in [3.05, 3.63) is 78.1 Å². The van der Waals surface area contributed by atoms with E-state index < -0.39 is 0 Å². The molecule has 1 fully saturated rings. The molecule has 1 aliphatic rings. The average Bonchev–Trinajstić information content (AvgIpc) is 2.78. The average molecular weight is 386 g/mol. The Labute approximate surface area is 171 Å². The predicted molar refractivity (Wildman–Crippen MR) is 115 cm³/mol. The van der Waals surface area contributed by atoms with E-state index in [-0.39, 0.29) is 11.8 Å². The second kappa shape index (κ2) is 8.86. The summed E-state index contributed by atoms with van der Waals surface area (Å²) in [5.41, 5.74) is 4.44. The van der Waals surface area contributed by atoms with Crippen molar-refractivity contribution in [2.24, 2.45) is 5.92 Å². The number of nitrogens with one attached hydrogen (secondary N) is 1. The Morgan fingerprint density at radius 2 is 1.86 bits per heavy atom. The first-order valence-corrected chi connectivity index (χ1v) is 10.1. The summed E-state index contributed by atoms with van der Waals surface area (Å²) in [5.74, 6) is 0.768. The number of anilines is 1. The van der Waals surface area contributed by atoms with E-state index in [4.69, 9.17) is 0 Å². The van der Waals surface area contributed by atoms with Crippen LogP contribution in [-0.2, 0) is 11.3 Å². The predicted octanol–water partition coefficient (Wildman–Crippen LogP) is 3.98. The molecule has 1 aliphatic heterocycles. The largest absolute Gasteiger partial charge is 0.352 e. The lowest BCUT2D eigenvalue weighted by atomic mass is 9.97. The molecule has 0 bridgehead atoms. The molecule has 1 saturated heterocycles. The summed E-state index contributed by atoms with van der Waals surface area (Å²) >= 11 is 0. The van der Waals surface area contributed by atoms with Gasteiger partial charge >= 0.3 is 0 Å². The highest BCUT2D eigenvalue weighted by Gasteiger charge is 2.27. The van der Waals surface area contributed by atoms with Crippen LogP contribution in [0.25, 0.3) is 11.1 Å². The van der Waals surface area contributed by atoms with Crippen molar-refractivity contribution in [3.63, 3.8) is 0 Å². The van der Waals surface area contributed by atoms with Crippen molar-refractivity contribution in [2.45, 2.75) is 26.3 Å². The molecule has 29 heavy (non-hydrogen) atoms. The van der Waals surface area contributed by atoms with Crippen LogP contribution in [0.4, 0.5) is 5.95 Å². The van der Waals surface area contributed by atoms with Gasteiger partial charge in [0.1, 0.15) is 0 Å². The van der Waals surface area contributed by atoms with Crippen molar-refractivity contribution in [1.82, 2.24) is 15.3 Å². The Morgan fingerprint density at radius 1 is 1.07 bits per heavy atom. The lowest BCUT2D eigenvalue weighted by Gasteiger charge is -2.32. The molecule has 0 saturated carbocycles.